The quantitative estimate of drug-likeness (QED) is 0.513. The maximum absolute atomic E-state index is 5.22. The predicted molar refractivity (Wildman–Crippen MR) is 54.5 cm³/mol. The standard InChI is InChI=1S/C11H16O3/c1-12-9-14-8-7-10-5-3-4-6-11(10)13-2/h3-6H,7-9H2,1-2H3. The number of benzene rings is 1. The Morgan fingerprint density at radius 3 is 2.64 bits per heavy atom. The Morgan fingerprint density at radius 1 is 1.14 bits per heavy atom. The number of hydrogen-bond acceptors (Lipinski definition) is 3. The van der Waals surface area contributed by atoms with Crippen molar-refractivity contribution in [1.29, 1.82) is 0 Å². The fourth-order valence-corrected chi connectivity index (χ4v) is 1.23. The highest BCUT2D eigenvalue weighted by molar-refractivity contribution is 5.33. The van der Waals surface area contributed by atoms with Crippen LogP contribution in [-0.4, -0.2) is 27.6 Å². The molecule has 78 valence electrons. The van der Waals surface area contributed by atoms with Crippen molar-refractivity contribution >= 4 is 0 Å². The van der Waals surface area contributed by atoms with Crippen LogP contribution in [0.25, 0.3) is 0 Å². The van der Waals surface area contributed by atoms with Crippen LogP contribution in [0.4, 0.5) is 0 Å². The van der Waals surface area contributed by atoms with Gasteiger partial charge in [-0.05, 0) is 18.1 Å². The molecule has 0 aliphatic heterocycles. The van der Waals surface area contributed by atoms with Crippen molar-refractivity contribution in [1.82, 2.24) is 0 Å². The van der Waals surface area contributed by atoms with Crippen LogP contribution in [0.1, 0.15) is 5.56 Å². The lowest BCUT2D eigenvalue weighted by Gasteiger charge is -2.07. The molecule has 0 amide bonds. The van der Waals surface area contributed by atoms with Crippen molar-refractivity contribution in [2.75, 3.05) is 27.6 Å². The molecule has 14 heavy (non-hydrogen) atoms. The van der Waals surface area contributed by atoms with Gasteiger partial charge in [-0.2, -0.15) is 0 Å². The highest BCUT2D eigenvalue weighted by atomic mass is 16.7. The second-order valence-corrected chi connectivity index (χ2v) is 2.88. The van der Waals surface area contributed by atoms with Crippen LogP contribution in [-0.2, 0) is 15.9 Å². The van der Waals surface area contributed by atoms with Crippen LogP contribution in [0.5, 0.6) is 5.75 Å². The first-order chi connectivity index (χ1) is 6.88. The summed E-state index contributed by atoms with van der Waals surface area (Å²) in [5.74, 6) is 0.911. The predicted octanol–water partition coefficient (Wildman–Crippen LogP) is 1.86. The van der Waals surface area contributed by atoms with Crippen LogP contribution in [0.15, 0.2) is 24.3 Å². The minimum Gasteiger partial charge on any atom is -0.496 e. The van der Waals surface area contributed by atoms with Gasteiger partial charge in [0.25, 0.3) is 0 Å². The maximum atomic E-state index is 5.22. The van der Waals surface area contributed by atoms with E-state index in [4.69, 9.17) is 14.2 Å². The third-order valence-corrected chi connectivity index (χ3v) is 1.91. The van der Waals surface area contributed by atoms with E-state index >= 15 is 0 Å². The maximum Gasteiger partial charge on any atom is 0.146 e. The molecule has 0 spiro atoms. The van der Waals surface area contributed by atoms with Gasteiger partial charge in [-0.25, -0.2) is 0 Å². The van der Waals surface area contributed by atoms with Crippen molar-refractivity contribution < 1.29 is 14.2 Å². The Bertz CT molecular complexity index is 260. The molecule has 3 nitrogen and oxygen atoms in total. The van der Waals surface area contributed by atoms with Gasteiger partial charge in [0.15, 0.2) is 0 Å². The summed E-state index contributed by atoms with van der Waals surface area (Å²) in [4.78, 5) is 0. The molecule has 0 radical (unpaired) electrons. The number of para-hydroxylation sites is 1. The van der Waals surface area contributed by atoms with Crippen LogP contribution in [0.3, 0.4) is 0 Å². The van der Waals surface area contributed by atoms with Crippen molar-refractivity contribution in [3.63, 3.8) is 0 Å². The first-order valence-corrected chi connectivity index (χ1v) is 4.57. The van der Waals surface area contributed by atoms with E-state index in [1.165, 1.54) is 0 Å². The molecule has 0 heterocycles. The first-order valence-electron chi connectivity index (χ1n) is 4.57. The van der Waals surface area contributed by atoms with Crippen LogP contribution < -0.4 is 4.74 Å². The summed E-state index contributed by atoms with van der Waals surface area (Å²) >= 11 is 0. The summed E-state index contributed by atoms with van der Waals surface area (Å²) in [7, 11) is 3.29. The van der Waals surface area contributed by atoms with E-state index in [0.717, 1.165) is 17.7 Å². The van der Waals surface area contributed by atoms with E-state index in [2.05, 4.69) is 0 Å². The van der Waals surface area contributed by atoms with E-state index in [1.54, 1.807) is 14.2 Å². The van der Waals surface area contributed by atoms with E-state index < -0.39 is 0 Å². The second kappa shape index (κ2) is 6.40. The van der Waals surface area contributed by atoms with Gasteiger partial charge < -0.3 is 14.2 Å². The molecule has 1 aromatic carbocycles. The van der Waals surface area contributed by atoms with E-state index in [0.29, 0.717) is 13.4 Å². The van der Waals surface area contributed by atoms with E-state index in [-0.39, 0.29) is 0 Å². The molecule has 0 unspecified atom stereocenters. The van der Waals surface area contributed by atoms with Crippen LogP contribution in [0.2, 0.25) is 0 Å². The van der Waals surface area contributed by atoms with Crippen molar-refractivity contribution in [2.24, 2.45) is 0 Å². The average Bonchev–Trinajstić information content (AvgIpc) is 2.25. The van der Waals surface area contributed by atoms with Gasteiger partial charge in [-0.1, -0.05) is 18.2 Å². The molecule has 0 fully saturated rings. The average molecular weight is 196 g/mol. The van der Waals surface area contributed by atoms with Gasteiger partial charge in [0.1, 0.15) is 12.5 Å². The number of methoxy groups -OCH3 is 2. The Kier molecular flexibility index (Phi) is 5.04. The van der Waals surface area contributed by atoms with Gasteiger partial charge in [-0.15, -0.1) is 0 Å². The molecule has 1 aromatic rings. The number of ether oxygens (including phenoxy) is 3. The molecule has 0 aliphatic rings. The molecule has 0 saturated carbocycles. The number of hydrogen-bond donors (Lipinski definition) is 0. The van der Waals surface area contributed by atoms with E-state index in [9.17, 15) is 0 Å². The van der Waals surface area contributed by atoms with Crippen molar-refractivity contribution in [3.05, 3.63) is 29.8 Å². The summed E-state index contributed by atoms with van der Waals surface area (Å²) in [5.41, 5.74) is 1.16. The summed E-state index contributed by atoms with van der Waals surface area (Å²) in [6.45, 7) is 0.989. The molecule has 1 rings (SSSR count). The third kappa shape index (κ3) is 3.36. The minimum atomic E-state index is 0.342. The van der Waals surface area contributed by atoms with Crippen LogP contribution in [0, 0.1) is 0 Å². The molecule has 0 atom stereocenters. The molecule has 3 heteroatoms. The Hall–Kier alpha value is -1.06. The zero-order chi connectivity index (χ0) is 10.2. The zero-order valence-corrected chi connectivity index (χ0v) is 8.66. The first kappa shape index (κ1) is 11.0. The summed E-state index contributed by atoms with van der Waals surface area (Å²) in [6.07, 6.45) is 0.841. The topological polar surface area (TPSA) is 27.7 Å². The smallest absolute Gasteiger partial charge is 0.146 e. The molecule has 0 aromatic heterocycles. The lowest BCUT2D eigenvalue weighted by molar-refractivity contribution is -0.0292. The summed E-state index contributed by atoms with van der Waals surface area (Å²) in [5, 5.41) is 0. The molecule has 0 bridgehead atoms. The van der Waals surface area contributed by atoms with Gasteiger partial charge in [0.2, 0.25) is 0 Å². The van der Waals surface area contributed by atoms with Gasteiger partial charge in [-0.3, -0.25) is 0 Å². The summed E-state index contributed by atoms with van der Waals surface area (Å²) in [6, 6.07) is 7.94. The Morgan fingerprint density at radius 2 is 1.93 bits per heavy atom. The third-order valence-electron chi connectivity index (χ3n) is 1.91. The lowest BCUT2D eigenvalue weighted by atomic mass is 10.1. The Balaban J connectivity index is 2.41. The summed E-state index contributed by atoms with van der Waals surface area (Å²) < 4.78 is 15.2. The fourth-order valence-electron chi connectivity index (χ4n) is 1.23. The van der Waals surface area contributed by atoms with Crippen molar-refractivity contribution in [2.45, 2.75) is 6.42 Å². The lowest BCUT2D eigenvalue weighted by Crippen LogP contribution is -2.02. The van der Waals surface area contributed by atoms with Gasteiger partial charge in [0.05, 0.1) is 13.7 Å². The molecule has 0 saturated heterocycles. The molecule has 0 N–H and O–H groups in total. The van der Waals surface area contributed by atoms with Gasteiger partial charge in [0, 0.05) is 7.11 Å². The number of rotatable bonds is 6. The molecule has 0 aliphatic carbocycles. The SMILES string of the molecule is COCOCCc1ccccc1OC. The largest absolute Gasteiger partial charge is 0.496 e. The monoisotopic (exact) mass is 196 g/mol. The Labute approximate surface area is 84.6 Å². The van der Waals surface area contributed by atoms with E-state index in [1.807, 2.05) is 24.3 Å². The second-order valence-electron chi connectivity index (χ2n) is 2.88. The zero-order valence-electron chi connectivity index (χ0n) is 8.66. The highest BCUT2D eigenvalue weighted by Gasteiger charge is 2.00. The minimum absolute atomic E-state index is 0.342. The molecular formula is C11H16O3. The normalized spacial score (nSPS) is 10.1. The molecular weight excluding hydrogens is 180 g/mol. The fraction of sp³-hybridized carbons (Fsp3) is 0.455. The van der Waals surface area contributed by atoms with Crippen molar-refractivity contribution in [3.8, 4) is 5.75 Å². The van der Waals surface area contributed by atoms with Crippen LogP contribution >= 0.6 is 0 Å². The highest BCUT2D eigenvalue weighted by Crippen LogP contribution is 2.17. The van der Waals surface area contributed by atoms with Gasteiger partial charge >= 0.3 is 0 Å².